The van der Waals surface area contributed by atoms with Crippen LogP contribution < -0.4 is 14.9 Å². The predicted molar refractivity (Wildman–Crippen MR) is 148 cm³/mol. The zero-order chi connectivity index (χ0) is 26.2. The highest BCUT2D eigenvalue weighted by atomic mass is 79.9. The van der Waals surface area contributed by atoms with Crippen LogP contribution in [0.15, 0.2) is 101 Å². The summed E-state index contributed by atoms with van der Waals surface area (Å²) in [4.78, 5) is 25.0. The van der Waals surface area contributed by atoms with Gasteiger partial charge < -0.3 is 9.47 Å². The molecule has 37 heavy (non-hydrogen) atoms. The van der Waals surface area contributed by atoms with Crippen molar-refractivity contribution < 1.29 is 19.1 Å². The highest BCUT2D eigenvalue weighted by molar-refractivity contribution is 9.10. The molecule has 0 radical (unpaired) electrons. The number of hydrazone groups is 1. The van der Waals surface area contributed by atoms with Crippen LogP contribution in [-0.4, -0.2) is 18.1 Å². The van der Waals surface area contributed by atoms with E-state index in [1.54, 1.807) is 84.9 Å². The van der Waals surface area contributed by atoms with Gasteiger partial charge >= 0.3 is 5.97 Å². The molecule has 0 aromatic heterocycles. The number of benzene rings is 4. The minimum Gasteiger partial charge on any atom is -0.489 e. The Hall–Kier alpha value is -3.65. The van der Waals surface area contributed by atoms with Gasteiger partial charge in [0.1, 0.15) is 18.1 Å². The van der Waals surface area contributed by atoms with Crippen molar-refractivity contribution in [2.45, 2.75) is 6.61 Å². The van der Waals surface area contributed by atoms with Gasteiger partial charge in [-0.05, 0) is 66.7 Å². The van der Waals surface area contributed by atoms with Gasteiger partial charge in [0.2, 0.25) is 0 Å². The van der Waals surface area contributed by atoms with Gasteiger partial charge in [-0.25, -0.2) is 10.2 Å². The number of hydrogen-bond donors (Lipinski definition) is 1. The second-order valence-electron chi connectivity index (χ2n) is 7.69. The Kier molecular flexibility index (Phi) is 8.95. The zero-order valence-corrected chi connectivity index (χ0v) is 22.3. The third kappa shape index (κ3) is 7.43. The predicted octanol–water partition coefficient (Wildman–Crippen LogP) is 7.32. The molecule has 6 nitrogen and oxygen atoms in total. The molecule has 0 aliphatic carbocycles. The second-order valence-corrected chi connectivity index (χ2v) is 9.44. The molecule has 0 aliphatic rings. The van der Waals surface area contributed by atoms with Crippen LogP contribution in [-0.2, 0) is 6.61 Å². The Labute approximate surface area is 232 Å². The fraction of sp³-hybridized carbons (Fsp3) is 0.0357. The summed E-state index contributed by atoms with van der Waals surface area (Å²) in [5.41, 5.74) is 4.58. The molecule has 0 spiro atoms. The SMILES string of the molecule is O=C(N/N=C\c1cc(Br)ccc1OC(=O)c1ccccc1)c1ccc(OCc2ccc(Cl)cc2Cl)cc1. The van der Waals surface area contributed by atoms with Gasteiger partial charge in [-0.15, -0.1) is 0 Å². The van der Waals surface area contributed by atoms with E-state index in [0.717, 1.165) is 10.0 Å². The van der Waals surface area contributed by atoms with Crippen LogP contribution in [0, 0.1) is 0 Å². The Balaban J connectivity index is 1.36. The third-order valence-corrected chi connectivity index (χ3v) is 6.16. The van der Waals surface area contributed by atoms with E-state index in [2.05, 4.69) is 26.5 Å². The first-order valence-corrected chi connectivity index (χ1v) is 12.5. The van der Waals surface area contributed by atoms with Crippen molar-refractivity contribution in [2.24, 2.45) is 5.10 Å². The van der Waals surface area contributed by atoms with Crippen molar-refractivity contribution >= 4 is 57.2 Å². The summed E-state index contributed by atoms with van der Waals surface area (Å²) >= 11 is 15.5. The lowest BCUT2D eigenvalue weighted by Gasteiger charge is -2.09. The lowest BCUT2D eigenvalue weighted by atomic mass is 10.2. The van der Waals surface area contributed by atoms with E-state index in [9.17, 15) is 9.59 Å². The molecule has 0 aliphatic heterocycles. The molecule has 4 aromatic rings. The molecule has 0 bridgehead atoms. The number of ether oxygens (including phenoxy) is 2. The number of esters is 1. The average molecular weight is 598 g/mol. The Morgan fingerprint density at radius 1 is 0.892 bits per heavy atom. The summed E-state index contributed by atoms with van der Waals surface area (Å²) < 4.78 is 12.0. The van der Waals surface area contributed by atoms with E-state index in [4.69, 9.17) is 32.7 Å². The number of halogens is 3. The van der Waals surface area contributed by atoms with E-state index in [1.165, 1.54) is 6.21 Å². The fourth-order valence-electron chi connectivity index (χ4n) is 3.17. The smallest absolute Gasteiger partial charge is 0.343 e. The zero-order valence-electron chi connectivity index (χ0n) is 19.2. The van der Waals surface area contributed by atoms with Crippen LogP contribution in [0.5, 0.6) is 11.5 Å². The van der Waals surface area contributed by atoms with Gasteiger partial charge in [0, 0.05) is 31.2 Å². The molecule has 9 heteroatoms. The first-order valence-electron chi connectivity index (χ1n) is 11.0. The highest BCUT2D eigenvalue weighted by Gasteiger charge is 2.12. The van der Waals surface area contributed by atoms with Gasteiger partial charge in [0.25, 0.3) is 5.91 Å². The van der Waals surface area contributed by atoms with E-state index in [1.807, 2.05) is 6.07 Å². The van der Waals surface area contributed by atoms with Crippen LogP contribution in [0.1, 0.15) is 31.8 Å². The molecule has 186 valence electrons. The van der Waals surface area contributed by atoms with Crippen molar-refractivity contribution in [3.05, 3.63) is 128 Å². The molecule has 1 N–H and O–H groups in total. The molecule has 0 saturated carbocycles. The monoisotopic (exact) mass is 596 g/mol. The van der Waals surface area contributed by atoms with Crippen molar-refractivity contribution in [1.29, 1.82) is 0 Å². The summed E-state index contributed by atoms with van der Waals surface area (Å²) in [7, 11) is 0. The first-order chi connectivity index (χ1) is 17.9. The molecular formula is C28H19BrCl2N2O4. The van der Waals surface area contributed by atoms with Gasteiger partial charge in [0.15, 0.2) is 0 Å². The molecule has 1 amide bonds. The number of nitrogens with zero attached hydrogens (tertiary/aromatic N) is 1. The molecule has 0 unspecified atom stereocenters. The summed E-state index contributed by atoms with van der Waals surface area (Å²) in [6.45, 7) is 0.260. The molecule has 0 heterocycles. The van der Waals surface area contributed by atoms with Crippen molar-refractivity contribution in [2.75, 3.05) is 0 Å². The van der Waals surface area contributed by atoms with Crippen LogP contribution in [0.4, 0.5) is 0 Å². The lowest BCUT2D eigenvalue weighted by Crippen LogP contribution is -2.17. The quantitative estimate of drug-likeness (QED) is 0.0999. The molecule has 4 aromatic carbocycles. The van der Waals surface area contributed by atoms with Gasteiger partial charge in [0.05, 0.1) is 11.8 Å². The minimum absolute atomic E-state index is 0.260. The molecule has 4 rings (SSSR count). The number of rotatable bonds is 8. The standard InChI is InChI=1S/C28H19BrCl2N2O4/c29-22-9-13-26(37-28(35)19-4-2-1-3-5-19)21(14-22)16-32-33-27(34)18-7-11-24(12-8-18)36-17-20-6-10-23(30)15-25(20)31/h1-16H,17H2,(H,33,34)/b32-16-. The topological polar surface area (TPSA) is 77.0 Å². The number of hydrogen-bond acceptors (Lipinski definition) is 5. The largest absolute Gasteiger partial charge is 0.489 e. The van der Waals surface area contributed by atoms with Crippen LogP contribution in [0.2, 0.25) is 10.0 Å². The lowest BCUT2D eigenvalue weighted by molar-refractivity contribution is 0.0734. The summed E-state index contributed by atoms with van der Waals surface area (Å²) in [5.74, 6) is -0.0361. The van der Waals surface area contributed by atoms with Gasteiger partial charge in [-0.1, -0.05) is 63.4 Å². The summed E-state index contributed by atoms with van der Waals surface area (Å²) in [5, 5.41) is 5.09. The van der Waals surface area contributed by atoms with Crippen molar-refractivity contribution in [1.82, 2.24) is 5.43 Å². The highest BCUT2D eigenvalue weighted by Crippen LogP contribution is 2.24. The minimum atomic E-state index is -0.498. The maximum absolute atomic E-state index is 12.5. The number of nitrogens with one attached hydrogen (secondary N) is 1. The Morgan fingerprint density at radius 2 is 1.65 bits per heavy atom. The van der Waals surface area contributed by atoms with Crippen LogP contribution in [0.25, 0.3) is 0 Å². The van der Waals surface area contributed by atoms with Gasteiger partial charge in [-0.2, -0.15) is 5.10 Å². The van der Waals surface area contributed by atoms with Crippen LogP contribution in [0.3, 0.4) is 0 Å². The van der Waals surface area contributed by atoms with Crippen molar-refractivity contribution in [3.8, 4) is 11.5 Å². The fourth-order valence-corrected chi connectivity index (χ4v) is 4.02. The average Bonchev–Trinajstić information content (AvgIpc) is 2.90. The van der Waals surface area contributed by atoms with Gasteiger partial charge in [-0.3, -0.25) is 4.79 Å². The molecular weight excluding hydrogens is 579 g/mol. The number of carbonyl (C=O) groups excluding carboxylic acids is 2. The Morgan fingerprint density at radius 3 is 2.38 bits per heavy atom. The molecule has 0 atom stereocenters. The second kappa shape index (κ2) is 12.5. The van der Waals surface area contributed by atoms with E-state index in [-0.39, 0.29) is 6.61 Å². The molecule has 0 saturated heterocycles. The normalized spacial score (nSPS) is 10.8. The third-order valence-electron chi connectivity index (χ3n) is 5.08. The summed E-state index contributed by atoms with van der Waals surface area (Å²) in [6, 6.07) is 25.6. The first kappa shape index (κ1) is 26.4. The Bertz CT molecular complexity index is 1440. The van der Waals surface area contributed by atoms with E-state index >= 15 is 0 Å². The van der Waals surface area contributed by atoms with E-state index < -0.39 is 11.9 Å². The number of amides is 1. The molecule has 0 fully saturated rings. The van der Waals surface area contributed by atoms with Crippen LogP contribution >= 0.6 is 39.1 Å². The van der Waals surface area contributed by atoms with E-state index in [0.29, 0.717) is 38.2 Å². The maximum Gasteiger partial charge on any atom is 0.343 e. The summed E-state index contributed by atoms with van der Waals surface area (Å²) in [6.07, 6.45) is 1.41. The van der Waals surface area contributed by atoms with Crippen molar-refractivity contribution in [3.63, 3.8) is 0 Å². The number of carbonyl (C=O) groups is 2. The maximum atomic E-state index is 12.5.